The predicted molar refractivity (Wildman–Crippen MR) is 72.1 cm³/mol. The highest BCUT2D eigenvalue weighted by Crippen LogP contribution is 2.43. The Balaban J connectivity index is 1.68. The Labute approximate surface area is 119 Å². The molecule has 1 aliphatic carbocycles. The van der Waals surface area contributed by atoms with E-state index in [2.05, 4.69) is 12.2 Å². The van der Waals surface area contributed by atoms with Gasteiger partial charge in [-0.2, -0.15) is 0 Å². The molecule has 2 heterocycles. The molecule has 3 rings (SSSR count). The van der Waals surface area contributed by atoms with Crippen LogP contribution in [0.1, 0.15) is 45.4 Å². The first kappa shape index (κ1) is 13.9. The van der Waals surface area contributed by atoms with Gasteiger partial charge in [-0.3, -0.25) is 9.59 Å². The standard InChI is InChI=1S/C15H23NO4/c1-8-4-2-3-5-9(8)16-14(17)12-10-6-7-11(20-10)13(12)15(18)19/h8-13H,2-7H2,1H3,(H,16,17)(H,18,19)/t8-,9+,10-,11-,12-,13+/m1/s1. The number of rotatable bonds is 3. The first-order valence-corrected chi connectivity index (χ1v) is 7.76. The van der Waals surface area contributed by atoms with Crippen LogP contribution < -0.4 is 5.32 Å². The van der Waals surface area contributed by atoms with Gasteiger partial charge in [0.2, 0.25) is 5.91 Å². The van der Waals surface area contributed by atoms with E-state index < -0.39 is 17.8 Å². The molecule has 0 aromatic rings. The molecule has 3 fully saturated rings. The lowest BCUT2D eigenvalue weighted by Gasteiger charge is -2.32. The molecule has 2 N–H and O–H groups in total. The SMILES string of the molecule is C[C@@H]1CCCC[C@@H]1NC(=O)[C@H]1[C@@H](C(=O)O)[C@H]2CC[C@H]1O2. The Hall–Kier alpha value is -1.10. The van der Waals surface area contributed by atoms with Crippen LogP contribution in [-0.4, -0.2) is 35.2 Å². The Bertz CT molecular complexity index is 411. The van der Waals surface area contributed by atoms with Gasteiger partial charge in [0.15, 0.2) is 0 Å². The van der Waals surface area contributed by atoms with Gasteiger partial charge in [0, 0.05) is 6.04 Å². The van der Waals surface area contributed by atoms with Gasteiger partial charge in [-0.15, -0.1) is 0 Å². The molecule has 5 heteroatoms. The molecule has 0 aromatic carbocycles. The summed E-state index contributed by atoms with van der Waals surface area (Å²) in [7, 11) is 0. The van der Waals surface area contributed by atoms with Crippen LogP contribution in [0.3, 0.4) is 0 Å². The number of ether oxygens (including phenoxy) is 1. The van der Waals surface area contributed by atoms with E-state index in [0.29, 0.717) is 5.92 Å². The summed E-state index contributed by atoms with van der Waals surface area (Å²) in [5.41, 5.74) is 0. The monoisotopic (exact) mass is 281 g/mol. The Kier molecular flexibility index (Phi) is 3.71. The fraction of sp³-hybridized carbons (Fsp3) is 0.867. The number of carbonyl (C=O) groups is 2. The summed E-state index contributed by atoms with van der Waals surface area (Å²) >= 11 is 0. The largest absolute Gasteiger partial charge is 0.481 e. The van der Waals surface area contributed by atoms with Crippen molar-refractivity contribution in [1.82, 2.24) is 5.32 Å². The number of carbonyl (C=O) groups excluding carboxylic acids is 1. The zero-order valence-corrected chi connectivity index (χ0v) is 11.9. The van der Waals surface area contributed by atoms with E-state index >= 15 is 0 Å². The molecule has 1 saturated carbocycles. The number of aliphatic carboxylic acids is 1. The second-order valence-electron chi connectivity index (χ2n) is 6.56. The summed E-state index contributed by atoms with van der Waals surface area (Å²) in [5, 5.41) is 12.5. The van der Waals surface area contributed by atoms with Crippen LogP contribution in [0.25, 0.3) is 0 Å². The lowest BCUT2D eigenvalue weighted by atomic mass is 9.78. The molecule has 5 nitrogen and oxygen atoms in total. The highest BCUT2D eigenvalue weighted by atomic mass is 16.5. The fourth-order valence-electron chi connectivity index (χ4n) is 4.13. The molecule has 2 bridgehead atoms. The van der Waals surface area contributed by atoms with Gasteiger partial charge >= 0.3 is 5.97 Å². The molecule has 0 aromatic heterocycles. The third-order valence-corrected chi connectivity index (χ3v) is 5.30. The molecule has 112 valence electrons. The average molecular weight is 281 g/mol. The summed E-state index contributed by atoms with van der Waals surface area (Å²) in [6.45, 7) is 2.16. The summed E-state index contributed by atoms with van der Waals surface area (Å²) in [5.74, 6) is -1.68. The van der Waals surface area contributed by atoms with E-state index in [4.69, 9.17) is 4.74 Å². The van der Waals surface area contributed by atoms with Crippen LogP contribution in [0.4, 0.5) is 0 Å². The van der Waals surface area contributed by atoms with Crippen LogP contribution >= 0.6 is 0 Å². The highest BCUT2D eigenvalue weighted by molar-refractivity contribution is 5.86. The summed E-state index contributed by atoms with van der Waals surface area (Å²) in [6, 6.07) is 0.199. The number of fused-ring (bicyclic) bond motifs is 2. The van der Waals surface area contributed by atoms with Gasteiger partial charge in [-0.05, 0) is 31.6 Å². The molecule has 1 amide bonds. The van der Waals surface area contributed by atoms with Crippen molar-refractivity contribution < 1.29 is 19.4 Å². The summed E-state index contributed by atoms with van der Waals surface area (Å²) in [4.78, 5) is 23.9. The van der Waals surface area contributed by atoms with E-state index in [9.17, 15) is 14.7 Å². The molecule has 0 spiro atoms. The van der Waals surface area contributed by atoms with Gasteiger partial charge in [-0.25, -0.2) is 0 Å². The molecule has 3 aliphatic rings. The van der Waals surface area contributed by atoms with Crippen LogP contribution in [0.5, 0.6) is 0 Å². The zero-order chi connectivity index (χ0) is 14.3. The summed E-state index contributed by atoms with van der Waals surface area (Å²) in [6.07, 6.45) is 5.63. The van der Waals surface area contributed by atoms with Crippen molar-refractivity contribution in [3.63, 3.8) is 0 Å². The van der Waals surface area contributed by atoms with E-state index in [0.717, 1.165) is 32.1 Å². The molecule has 2 aliphatic heterocycles. The average Bonchev–Trinajstić information content (AvgIpc) is 3.01. The Morgan fingerprint density at radius 3 is 2.35 bits per heavy atom. The molecule has 20 heavy (non-hydrogen) atoms. The van der Waals surface area contributed by atoms with Gasteiger partial charge in [0.25, 0.3) is 0 Å². The van der Waals surface area contributed by atoms with E-state index in [1.165, 1.54) is 6.42 Å². The maximum atomic E-state index is 12.5. The summed E-state index contributed by atoms with van der Waals surface area (Å²) < 4.78 is 5.65. The number of carboxylic acid groups (broad SMARTS) is 1. The van der Waals surface area contributed by atoms with Crippen molar-refractivity contribution in [3.8, 4) is 0 Å². The van der Waals surface area contributed by atoms with Crippen molar-refractivity contribution in [2.45, 2.75) is 63.7 Å². The van der Waals surface area contributed by atoms with Crippen LogP contribution in [0, 0.1) is 17.8 Å². The van der Waals surface area contributed by atoms with Crippen LogP contribution in [0.15, 0.2) is 0 Å². The Morgan fingerprint density at radius 1 is 1.05 bits per heavy atom. The lowest BCUT2D eigenvalue weighted by Crippen LogP contribution is -2.49. The smallest absolute Gasteiger partial charge is 0.310 e. The lowest BCUT2D eigenvalue weighted by molar-refractivity contribution is -0.148. The minimum Gasteiger partial charge on any atom is -0.481 e. The third kappa shape index (κ3) is 2.32. The molecular formula is C15H23NO4. The molecule has 6 atom stereocenters. The second kappa shape index (κ2) is 5.35. The van der Waals surface area contributed by atoms with E-state index in [1.54, 1.807) is 0 Å². The number of nitrogens with one attached hydrogen (secondary N) is 1. The first-order valence-electron chi connectivity index (χ1n) is 7.76. The van der Waals surface area contributed by atoms with Crippen LogP contribution in [-0.2, 0) is 14.3 Å². The fourth-order valence-corrected chi connectivity index (χ4v) is 4.13. The quantitative estimate of drug-likeness (QED) is 0.823. The van der Waals surface area contributed by atoms with Crippen molar-refractivity contribution in [2.75, 3.05) is 0 Å². The number of carboxylic acids is 1. The molecule has 0 unspecified atom stereocenters. The maximum absolute atomic E-state index is 12.5. The zero-order valence-electron chi connectivity index (χ0n) is 11.9. The van der Waals surface area contributed by atoms with Gasteiger partial charge in [-0.1, -0.05) is 19.8 Å². The number of amides is 1. The number of hydrogen-bond donors (Lipinski definition) is 2. The van der Waals surface area contributed by atoms with Crippen molar-refractivity contribution in [3.05, 3.63) is 0 Å². The predicted octanol–water partition coefficient (Wildman–Crippen LogP) is 1.56. The first-order chi connectivity index (χ1) is 9.58. The molecule has 0 radical (unpaired) electrons. The maximum Gasteiger partial charge on any atom is 0.310 e. The topological polar surface area (TPSA) is 75.6 Å². The highest BCUT2D eigenvalue weighted by Gasteiger charge is 2.55. The van der Waals surface area contributed by atoms with Crippen molar-refractivity contribution in [1.29, 1.82) is 0 Å². The second-order valence-corrected chi connectivity index (χ2v) is 6.56. The van der Waals surface area contributed by atoms with Gasteiger partial charge < -0.3 is 15.2 Å². The number of hydrogen-bond acceptors (Lipinski definition) is 3. The minimum atomic E-state index is -0.894. The van der Waals surface area contributed by atoms with Crippen molar-refractivity contribution in [2.24, 2.45) is 17.8 Å². The van der Waals surface area contributed by atoms with E-state index in [1.807, 2.05) is 0 Å². The Morgan fingerprint density at radius 2 is 1.70 bits per heavy atom. The van der Waals surface area contributed by atoms with Gasteiger partial charge in [0.1, 0.15) is 0 Å². The molecule has 2 saturated heterocycles. The van der Waals surface area contributed by atoms with E-state index in [-0.39, 0.29) is 24.2 Å². The van der Waals surface area contributed by atoms with Crippen LogP contribution in [0.2, 0.25) is 0 Å². The molecular weight excluding hydrogens is 258 g/mol. The third-order valence-electron chi connectivity index (χ3n) is 5.30. The van der Waals surface area contributed by atoms with Gasteiger partial charge in [0.05, 0.1) is 24.0 Å². The van der Waals surface area contributed by atoms with Crippen molar-refractivity contribution >= 4 is 11.9 Å². The normalized spacial score (nSPS) is 43.5. The minimum absolute atomic E-state index is 0.108.